The van der Waals surface area contributed by atoms with Crippen LogP contribution in [-0.4, -0.2) is 28.5 Å². The van der Waals surface area contributed by atoms with Gasteiger partial charge in [-0.2, -0.15) is 0 Å². The van der Waals surface area contributed by atoms with Crippen molar-refractivity contribution >= 4 is 6.03 Å². The fourth-order valence-electron chi connectivity index (χ4n) is 3.39. The van der Waals surface area contributed by atoms with E-state index in [1.165, 1.54) is 19.3 Å². The number of carbonyl (C=O) groups is 1. The van der Waals surface area contributed by atoms with E-state index in [9.17, 15) is 4.79 Å². The van der Waals surface area contributed by atoms with E-state index in [1.54, 1.807) is 0 Å². The summed E-state index contributed by atoms with van der Waals surface area (Å²) in [4.78, 5) is 18.9. The van der Waals surface area contributed by atoms with Gasteiger partial charge >= 0.3 is 6.03 Å². The van der Waals surface area contributed by atoms with Crippen LogP contribution < -0.4 is 5.32 Å². The predicted octanol–water partition coefficient (Wildman–Crippen LogP) is 3.26. The lowest BCUT2D eigenvalue weighted by atomic mass is 9.96. The largest absolute Gasteiger partial charge is 0.335 e. The SMILES string of the molecule is O=C(NC1CCCCC1)N1CCC[C@H]1c1ccccn1. The zero-order valence-electron chi connectivity index (χ0n) is 11.9. The van der Waals surface area contributed by atoms with Crippen molar-refractivity contribution in [1.82, 2.24) is 15.2 Å². The van der Waals surface area contributed by atoms with Gasteiger partial charge in [0.15, 0.2) is 0 Å². The van der Waals surface area contributed by atoms with E-state index in [1.807, 2.05) is 29.3 Å². The molecule has 1 atom stereocenters. The number of amides is 2. The molecule has 0 bridgehead atoms. The Morgan fingerprint density at radius 2 is 2.00 bits per heavy atom. The molecule has 0 unspecified atom stereocenters. The van der Waals surface area contributed by atoms with Gasteiger partial charge in [-0.25, -0.2) is 4.79 Å². The van der Waals surface area contributed by atoms with Crippen LogP contribution in [0.1, 0.15) is 56.7 Å². The normalized spacial score (nSPS) is 23.8. The molecule has 0 spiro atoms. The van der Waals surface area contributed by atoms with Crippen molar-refractivity contribution in [2.24, 2.45) is 0 Å². The van der Waals surface area contributed by atoms with E-state index in [4.69, 9.17) is 0 Å². The monoisotopic (exact) mass is 273 g/mol. The van der Waals surface area contributed by atoms with Crippen molar-refractivity contribution in [2.75, 3.05) is 6.54 Å². The lowest BCUT2D eigenvalue weighted by molar-refractivity contribution is 0.184. The Morgan fingerprint density at radius 1 is 1.15 bits per heavy atom. The van der Waals surface area contributed by atoms with Crippen LogP contribution in [0.15, 0.2) is 24.4 Å². The van der Waals surface area contributed by atoms with Gasteiger partial charge in [-0.15, -0.1) is 0 Å². The zero-order valence-corrected chi connectivity index (χ0v) is 11.9. The summed E-state index contributed by atoms with van der Waals surface area (Å²) >= 11 is 0. The Balaban J connectivity index is 1.64. The van der Waals surface area contributed by atoms with Gasteiger partial charge in [-0.3, -0.25) is 4.98 Å². The zero-order chi connectivity index (χ0) is 13.8. The third-order valence-corrected chi connectivity index (χ3v) is 4.48. The molecule has 2 fully saturated rings. The number of rotatable bonds is 2. The lowest BCUT2D eigenvalue weighted by Crippen LogP contribution is -2.45. The average molecular weight is 273 g/mol. The molecule has 2 heterocycles. The predicted molar refractivity (Wildman–Crippen MR) is 78.3 cm³/mol. The Bertz CT molecular complexity index is 442. The van der Waals surface area contributed by atoms with E-state index in [0.29, 0.717) is 6.04 Å². The van der Waals surface area contributed by atoms with Crippen molar-refractivity contribution in [2.45, 2.75) is 57.0 Å². The molecule has 1 aromatic rings. The molecule has 0 aromatic carbocycles. The third-order valence-electron chi connectivity index (χ3n) is 4.48. The smallest absolute Gasteiger partial charge is 0.318 e. The molecule has 20 heavy (non-hydrogen) atoms. The fourth-order valence-corrected chi connectivity index (χ4v) is 3.39. The number of urea groups is 1. The van der Waals surface area contributed by atoms with Gasteiger partial charge in [0.2, 0.25) is 0 Å². The molecule has 1 aliphatic heterocycles. The van der Waals surface area contributed by atoms with Crippen molar-refractivity contribution in [3.05, 3.63) is 30.1 Å². The highest BCUT2D eigenvalue weighted by Gasteiger charge is 2.31. The maximum absolute atomic E-state index is 12.5. The van der Waals surface area contributed by atoms with Crippen LogP contribution in [0.4, 0.5) is 4.79 Å². The minimum absolute atomic E-state index is 0.102. The molecule has 108 valence electrons. The van der Waals surface area contributed by atoms with Gasteiger partial charge < -0.3 is 10.2 Å². The number of nitrogens with zero attached hydrogens (tertiary/aromatic N) is 2. The summed E-state index contributed by atoms with van der Waals surface area (Å²) < 4.78 is 0. The maximum atomic E-state index is 12.5. The van der Waals surface area contributed by atoms with E-state index in [-0.39, 0.29) is 12.1 Å². The standard InChI is InChI=1S/C16H23N3O/c20-16(18-13-7-2-1-3-8-13)19-12-6-10-15(19)14-9-4-5-11-17-14/h4-5,9,11,13,15H,1-3,6-8,10,12H2,(H,18,20)/t15-/m0/s1. The maximum Gasteiger partial charge on any atom is 0.318 e. The van der Waals surface area contributed by atoms with Crippen LogP contribution in [0, 0.1) is 0 Å². The van der Waals surface area contributed by atoms with Gasteiger partial charge in [0.05, 0.1) is 11.7 Å². The molecule has 1 aromatic heterocycles. The van der Waals surface area contributed by atoms with Crippen molar-refractivity contribution in [3.8, 4) is 0 Å². The first kappa shape index (κ1) is 13.4. The number of likely N-dealkylation sites (tertiary alicyclic amines) is 1. The summed E-state index contributed by atoms with van der Waals surface area (Å²) in [5.41, 5.74) is 1.02. The van der Waals surface area contributed by atoms with Crippen LogP contribution in [0.5, 0.6) is 0 Å². The fraction of sp³-hybridized carbons (Fsp3) is 0.625. The first-order chi connectivity index (χ1) is 9.84. The molecule has 1 saturated carbocycles. The number of carbonyl (C=O) groups excluding carboxylic acids is 1. The number of hydrogen-bond acceptors (Lipinski definition) is 2. The molecule has 3 rings (SSSR count). The first-order valence-electron chi connectivity index (χ1n) is 7.82. The van der Waals surface area contributed by atoms with Gasteiger partial charge in [-0.05, 0) is 37.8 Å². The van der Waals surface area contributed by atoms with Gasteiger partial charge in [0.1, 0.15) is 0 Å². The van der Waals surface area contributed by atoms with Gasteiger partial charge in [0.25, 0.3) is 0 Å². The van der Waals surface area contributed by atoms with E-state index in [2.05, 4.69) is 10.3 Å². The molecule has 1 saturated heterocycles. The summed E-state index contributed by atoms with van der Waals surface area (Å²) in [6, 6.07) is 6.57. The second kappa shape index (κ2) is 6.25. The molecule has 2 amide bonds. The molecule has 0 radical (unpaired) electrons. The highest BCUT2D eigenvalue weighted by molar-refractivity contribution is 5.75. The summed E-state index contributed by atoms with van der Waals surface area (Å²) in [5.74, 6) is 0. The number of hydrogen-bond donors (Lipinski definition) is 1. The van der Waals surface area contributed by atoms with Crippen molar-refractivity contribution in [3.63, 3.8) is 0 Å². The molecular weight excluding hydrogens is 250 g/mol. The Kier molecular flexibility index (Phi) is 4.19. The molecule has 1 N–H and O–H groups in total. The van der Waals surface area contributed by atoms with E-state index >= 15 is 0 Å². The highest BCUT2D eigenvalue weighted by Crippen LogP contribution is 2.30. The number of aromatic nitrogens is 1. The lowest BCUT2D eigenvalue weighted by Gasteiger charge is -2.29. The topological polar surface area (TPSA) is 45.2 Å². The summed E-state index contributed by atoms with van der Waals surface area (Å²) in [6.45, 7) is 0.847. The summed E-state index contributed by atoms with van der Waals surface area (Å²) in [7, 11) is 0. The highest BCUT2D eigenvalue weighted by atomic mass is 16.2. The van der Waals surface area contributed by atoms with E-state index in [0.717, 1.165) is 37.9 Å². The van der Waals surface area contributed by atoms with Gasteiger partial charge in [0, 0.05) is 18.8 Å². The molecule has 4 heteroatoms. The summed E-state index contributed by atoms with van der Waals surface area (Å²) in [6.07, 6.45) is 9.97. The van der Waals surface area contributed by atoms with Crippen LogP contribution in [-0.2, 0) is 0 Å². The van der Waals surface area contributed by atoms with Gasteiger partial charge in [-0.1, -0.05) is 25.3 Å². The average Bonchev–Trinajstić information content (AvgIpc) is 2.99. The molecule has 4 nitrogen and oxygen atoms in total. The molecular formula is C16H23N3O. The minimum Gasteiger partial charge on any atom is -0.335 e. The molecule has 1 aliphatic carbocycles. The second-order valence-electron chi connectivity index (χ2n) is 5.89. The van der Waals surface area contributed by atoms with Crippen molar-refractivity contribution < 1.29 is 4.79 Å². The number of nitrogens with one attached hydrogen (secondary N) is 1. The van der Waals surface area contributed by atoms with Crippen molar-refractivity contribution in [1.29, 1.82) is 0 Å². The number of pyridine rings is 1. The van der Waals surface area contributed by atoms with Crippen LogP contribution in [0.2, 0.25) is 0 Å². The minimum atomic E-state index is 0.102. The van der Waals surface area contributed by atoms with Crippen LogP contribution >= 0.6 is 0 Å². The third kappa shape index (κ3) is 2.94. The quantitative estimate of drug-likeness (QED) is 0.899. The molecule has 2 aliphatic rings. The van der Waals surface area contributed by atoms with Crippen LogP contribution in [0.25, 0.3) is 0 Å². The van der Waals surface area contributed by atoms with E-state index < -0.39 is 0 Å². The Morgan fingerprint density at radius 3 is 2.75 bits per heavy atom. The Hall–Kier alpha value is -1.58. The second-order valence-corrected chi connectivity index (χ2v) is 5.89. The Labute approximate surface area is 120 Å². The summed E-state index contributed by atoms with van der Waals surface area (Å²) in [5, 5.41) is 3.22. The van der Waals surface area contributed by atoms with Crippen LogP contribution in [0.3, 0.4) is 0 Å². The first-order valence-corrected chi connectivity index (χ1v) is 7.82.